The van der Waals surface area contributed by atoms with Crippen molar-refractivity contribution in [3.05, 3.63) is 41.1 Å². The molecule has 0 radical (unpaired) electrons. The Morgan fingerprint density at radius 3 is 2.59 bits per heavy atom. The number of rotatable bonds is 3. The first-order valence-corrected chi connectivity index (χ1v) is 5.89. The van der Waals surface area contributed by atoms with Crippen molar-refractivity contribution in [2.24, 2.45) is 10.2 Å². The van der Waals surface area contributed by atoms with Crippen LogP contribution < -0.4 is 4.74 Å². The summed E-state index contributed by atoms with van der Waals surface area (Å²) < 4.78 is 5.45. The molecular formula is C14H18N2O. The number of hydrogen-bond acceptors (Lipinski definition) is 3. The maximum atomic E-state index is 5.45. The topological polar surface area (TPSA) is 34.0 Å². The second-order valence-electron chi connectivity index (χ2n) is 4.62. The van der Waals surface area contributed by atoms with Gasteiger partial charge in [0.05, 0.1) is 12.8 Å². The van der Waals surface area contributed by atoms with Crippen LogP contribution in [-0.4, -0.2) is 7.11 Å². The quantitative estimate of drug-likeness (QED) is 0.765. The molecule has 1 atom stereocenters. The van der Waals surface area contributed by atoms with Gasteiger partial charge < -0.3 is 4.74 Å². The summed E-state index contributed by atoms with van der Waals surface area (Å²) in [7, 11) is 1.70. The highest BCUT2D eigenvalue weighted by Gasteiger charge is 2.17. The van der Waals surface area contributed by atoms with Crippen LogP contribution >= 0.6 is 0 Å². The van der Waals surface area contributed by atoms with E-state index in [0.717, 1.165) is 17.0 Å². The average molecular weight is 230 g/mol. The van der Waals surface area contributed by atoms with Crippen molar-refractivity contribution in [2.75, 3.05) is 7.11 Å². The Morgan fingerprint density at radius 2 is 2.06 bits per heavy atom. The standard InChI is InChI=1S/C14H18N2O/c1-9(2)11-5-6-12(14(8-11)17-4)13-7-10(3)15-16-13/h5-9,13H,1-4H3. The molecule has 1 heterocycles. The second kappa shape index (κ2) is 4.70. The molecule has 0 bridgehead atoms. The van der Waals surface area contributed by atoms with E-state index in [4.69, 9.17) is 4.74 Å². The summed E-state index contributed by atoms with van der Waals surface area (Å²) in [6.45, 7) is 6.31. The maximum absolute atomic E-state index is 5.45. The number of hydrogen-bond donors (Lipinski definition) is 0. The molecule has 0 aromatic heterocycles. The smallest absolute Gasteiger partial charge is 0.124 e. The molecular weight excluding hydrogens is 212 g/mol. The fourth-order valence-electron chi connectivity index (χ4n) is 1.93. The van der Waals surface area contributed by atoms with E-state index in [-0.39, 0.29) is 6.04 Å². The van der Waals surface area contributed by atoms with Crippen LogP contribution in [0.1, 0.15) is 43.9 Å². The van der Waals surface area contributed by atoms with E-state index in [1.165, 1.54) is 5.56 Å². The molecule has 90 valence electrons. The molecule has 0 aliphatic carbocycles. The van der Waals surface area contributed by atoms with Gasteiger partial charge in [-0.1, -0.05) is 26.0 Å². The monoisotopic (exact) mass is 230 g/mol. The van der Waals surface area contributed by atoms with Crippen LogP contribution in [0.15, 0.2) is 40.2 Å². The van der Waals surface area contributed by atoms with Crippen molar-refractivity contribution in [1.82, 2.24) is 0 Å². The first-order valence-electron chi connectivity index (χ1n) is 5.89. The molecule has 0 saturated heterocycles. The highest BCUT2D eigenvalue weighted by atomic mass is 16.5. The van der Waals surface area contributed by atoms with Gasteiger partial charge in [0.25, 0.3) is 0 Å². The molecule has 3 nitrogen and oxygen atoms in total. The number of ether oxygens (including phenoxy) is 1. The van der Waals surface area contributed by atoms with Gasteiger partial charge in [-0.05, 0) is 30.5 Å². The first-order chi connectivity index (χ1) is 8.11. The van der Waals surface area contributed by atoms with Crippen molar-refractivity contribution in [1.29, 1.82) is 0 Å². The zero-order valence-electron chi connectivity index (χ0n) is 10.8. The molecule has 1 unspecified atom stereocenters. The van der Waals surface area contributed by atoms with E-state index in [0.29, 0.717) is 5.92 Å². The van der Waals surface area contributed by atoms with Gasteiger partial charge in [0.2, 0.25) is 0 Å². The highest BCUT2D eigenvalue weighted by molar-refractivity contribution is 5.43. The molecule has 1 aromatic rings. The average Bonchev–Trinajstić information content (AvgIpc) is 2.74. The summed E-state index contributed by atoms with van der Waals surface area (Å²) in [4.78, 5) is 0. The molecule has 1 aliphatic heterocycles. The fraction of sp³-hybridized carbons (Fsp3) is 0.429. The molecule has 3 heteroatoms. The zero-order valence-corrected chi connectivity index (χ0v) is 10.8. The van der Waals surface area contributed by atoms with Crippen molar-refractivity contribution >= 4 is 0 Å². The number of methoxy groups -OCH3 is 1. The van der Waals surface area contributed by atoms with Crippen molar-refractivity contribution in [3.8, 4) is 5.75 Å². The van der Waals surface area contributed by atoms with Crippen molar-refractivity contribution in [3.63, 3.8) is 0 Å². The molecule has 0 spiro atoms. The van der Waals surface area contributed by atoms with E-state index in [9.17, 15) is 0 Å². The lowest BCUT2D eigenvalue weighted by molar-refractivity contribution is 0.407. The molecule has 0 fully saturated rings. The summed E-state index contributed by atoms with van der Waals surface area (Å²) >= 11 is 0. The predicted octanol–water partition coefficient (Wildman–Crippen LogP) is 4.23. The van der Waals surface area contributed by atoms with Crippen LogP contribution in [0.4, 0.5) is 0 Å². The van der Waals surface area contributed by atoms with E-state index in [1.807, 2.05) is 13.0 Å². The van der Waals surface area contributed by atoms with Gasteiger partial charge >= 0.3 is 0 Å². The summed E-state index contributed by atoms with van der Waals surface area (Å²) in [5, 5.41) is 8.28. The van der Waals surface area contributed by atoms with Crippen molar-refractivity contribution in [2.45, 2.75) is 32.7 Å². The normalized spacial score (nSPS) is 18.6. The van der Waals surface area contributed by atoms with Gasteiger partial charge in [-0.25, -0.2) is 0 Å². The Morgan fingerprint density at radius 1 is 1.29 bits per heavy atom. The Balaban J connectivity index is 2.38. The zero-order chi connectivity index (χ0) is 12.4. The molecule has 17 heavy (non-hydrogen) atoms. The van der Waals surface area contributed by atoms with Gasteiger partial charge in [-0.2, -0.15) is 10.2 Å². The molecule has 0 N–H and O–H groups in total. The second-order valence-corrected chi connectivity index (χ2v) is 4.62. The molecule has 1 aromatic carbocycles. The van der Waals surface area contributed by atoms with Gasteiger partial charge in [-0.3, -0.25) is 0 Å². The third-order valence-electron chi connectivity index (χ3n) is 2.98. The lowest BCUT2D eigenvalue weighted by Crippen LogP contribution is -1.97. The minimum Gasteiger partial charge on any atom is -0.496 e. The van der Waals surface area contributed by atoms with E-state index >= 15 is 0 Å². The number of nitrogens with zero attached hydrogens (tertiary/aromatic N) is 2. The maximum Gasteiger partial charge on any atom is 0.124 e. The van der Waals surface area contributed by atoms with Crippen LogP contribution in [0.25, 0.3) is 0 Å². The minimum absolute atomic E-state index is 0.00571. The summed E-state index contributed by atoms with van der Waals surface area (Å²) in [6, 6.07) is 6.33. The van der Waals surface area contributed by atoms with Crippen molar-refractivity contribution < 1.29 is 4.74 Å². The lowest BCUT2D eigenvalue weighted by Gasteiger charge is -2.13. The van der Waals surface area contributed by atoms with Crippen LogP contribution in [0.3, 0.4) is 0 Å². The summed E-state index contributed by atoms with van der Waals surface area (Å²) in [5.74, 6) is 1.39. The third-order valence-corrected chi connectivity index (χ3v) is 2.98. The SMILES string of the molecule is COc1cc(C(C)C)ccc1C1C=C(C)N=N1. The van der Waals surface area contributed by atoms with Crippen LogP contribution in [0.5, 0.6) is 5.75 Å². The largest absolute Gasteiger partial charge is 0.496 e. The highest BCUT2D eigenvalue weighted by Crippen LogP contribution is 2.35. The van der Waals surface area contributed by atoms with E-state index < -0.39 is 0 Å². The van der Waals surface area contributed by atoms with Gasteiger partial charge in [-0.15, -0.1) is 0 Å². The Hall–Kier alpha value is -1.64. The van der Waals surface area contributed by atoms with Gasteiger partial charge in [0.1, 0.15) is 11.8 Å². The molecule has 1 aliphatic rings. The molecule has 0 saturated carbocycles. The first kappa shape index (κ1) is 11.8. The molecule has 0 amide bonds. The van der Waals surface area contributed by atoms with Crippen LogP contribution in [-0.2, 0) is 0 Å². The van der Waals surface area contributed by atoms with E-state index in [1.54, 1.807) is 7.11 Å². The van der Waals surface area contributed by atoms with Gasteiger partial charge in [0, 0.05) is 5.56 Å². The fourth-order valence-corrected chi connectivity index (χ4v) is 1.93. The third kappa shape index (κ3) is 2.38. The van der Waals surface area contributed by atoms with E-state index in [2.05, 4.69) is 42.3 Å². The minimum atomic E-state index is 0.00571. The van der Waals surface area contributed by atoms with Crippen LogP contribution in [0, 0.1) is 0 Å². The van der Waals surface area contributed by atoms with Gasteiger partial charge in [0.15, 0.2) is 0 Å². The Labute approximate surface area is 102 Å². The number of azo groups is 1. The lowest BCUT2D eigenvalue weighted by atomic mass is 9.98. The Bertz CT molecular complexity index is 475. The number of allylic oxidation sites excluding steroid dienone is 1. The summed E-state index contributed by atoms with van der Waals surface area (Å²) in [6.07, 6.45) is 2.05. The summed E-state index contributed by atoms with van der Waals surface area (Å²) in [5.41, 5.74) is 3.32. The van der Waals surface area contributed by atoms with Crippen LogP contribution in [0.2, 0.25) is 0 Å². The Kier molecular flexibility index (Phi) is 3.27. The number of benzene rings is 1. The predicted molar refractivity (Wildman–Crippen MR) is 68.4 cm³/mol. The molecule has 2 rings (SSSR count).